The Morgan fingerprint density at radius 3 is 2.61 bits per heavy atom. The molecule has 1 aromatic carbocycles. The third kappa shape index (κ3) is 3.74. The highest BCUT2D eigenvalue weighted by atomic mass is 16.5. The van der Waals surface area contributed by atoms with Crippen LogP contribution >= 0.6 is 0 Å². The Bertz CT molecular complexity index is 663. The van der Waals surface area contributed by atoms with E-state index in [1.54, 1.807) is 12.3 Å². The Hall–Kier alpha value is -2.27. The van der Waals surface area contributed by atoms with Crippen molar-refractivity contribution >= 4 is 11.6 Å². The van der Waals surface area contributed by atoms with E-state index in [0.29, 0.717) is 17.0 Å². The van der Waals surface area contributed by atoms with Crippen LogP contribution in [0.5, 0.6) is 5.75 Å². The van der Waals surface area contributed by atoms with E-state index in [9.17, 15) is 9.90 Å². The molecule has 3 rings (SSSR count). The maximum absolute atomic E-state index is 12.1. The summed E-state index contributed by atoms with van der Waals surface area (Å²) in [5, 5.41) is 12.8. The van der Waals surface area contributed by atoms with Crippen LogP contribution in [-0.2, 0) is 0 Å². The molecule has 1 saturated carbocycles. The summed E-state index contributed by atoms with van der Waals surface area (Å²) < 4.78 is 5.85. The lowest BCUT2D eigenvalue weighted by molar-refractivity contribution is 0.00688. The van der Waals surface area contributed by atoms with Crippen LogP contribution < -0.4 is 10.1 Å². The van der Waals surface area contributed by atoms with Crippen molar-refractivity contribution in [3.63, 3.8) is 0 Å². The minimum atomic E-state index is -0.389. The maximum Gasteiger partial charge on any atom is 0.257 e. The zero-order valence-corrected chi connectivity index (χ0v) is 13.2. The van der Waals surface area contributed by atoms with Gasteiger partial charge in [-0.25, -0.2) is 0 Å². The van der Waals surface area contributed by atoms with Crippen molar-refractivity contribution in [1.29, 1.82) is 0 Å². The first-order chi connectivity index (χ1) is 11.1. The number of rotatable bonds is 4. The van der Waals surface area contributed by atoms with Crippen molar-refractivity contribution < 1.29 is 14.6 Å². The van der Waals surface area contributed by atoms with Crippen LogP contribution in [0.15, 0.2) is 36.5 Å². The number of amides is 1. The number of aryl methyl sites for hydroxylation is 1. The summed E-state index contributed by atoms with van der Waals surface area (Å²) in [6.07, 6.45) is 5.06. The number of hydrogen-bond acceptors (Lipinski definition) is 3. The molecule has 0 bridgehead atoms. The fraction of sp³-hybridized carbons (Fsp3) is 0.389. The van der Waals surface area contributed by atoms with Crippen molar-refractivity contribution in [3.05, 3.63) is 47.8 Å². The second-order valence-electron chi connectivity index (χ2n) is 6.00. The molecule has 1 aliphatic rings. The van der Waals surface area contributed by atoms with Crippen molar-refractivity contribution in [2.75, 3.05) is 5.32 Å². The smallest absolute Gasteiger partial charge is 0.257 e. The molecule has 1 aliphatic carbocycles. The van der Waals surface area contributed by atoms with Gasteiger partial charge in [-0.05, 0) is 56.5 Å². The molecule has 1 fully saturated rings. The van der Waals surface area contributed by atoms with Crippen LogP contribution in [0.1, 0.15) is 41.7 Å². The number of anilines is 1. The monoisotopic (exact) mass is 314 g/mol. The van der Waals surface area contributed by atoms with Crippen LogP contribution in [0, 0.1) is 6.92 Å². The third-order valence-electron chi connectivity index (χ3n) is 4.27. The molecule has 3 N–H and O–H groups in total. The van der Waals surface area contributed by atoms with Crippen LogP contribution in [-0.4, -0.2) is 28.2 Å². The molecular formula is C18H22N2O3. The van der Waals surface area contributed by atoms with Crippen molar-refractivity contribution in [2.45, 2.75) is 44.8 Å². The zero-order valence-electron chi connectivity index (χ0n) is 13.2. The van der Waals surface area contributed by atoms with Gasteiger partial charge in [0.2, 0.25) is 0 Å². The van der Waals surface area contributed by atoms with E-state index in [1.807, 2.05) is 31.2 Å². The quantitative estimate of drug-likeness (QED) is 0.811. The highest BCUT2D eigenvalue weighted by Gasteiger charge is 2.24. The summed E-state index contributed by atoms with van der Waals surface area (Å²) in [5.74, 6) is 0.576. The Morgan fingerprint density at radius 1 is 1.22 bits per heavy atom. The molecule has 1 aromatic heterocycles. The molecule has 23 heavy (non-hydrogen) atoms. The number of H-pyrrole nitrogens is 1. The highest BCUT2D eigenvalue weighted by molar-refractivity contribution is 6.05. The number of aliphatic hydroxyl groups is 1. The normalized spacial score (nSPS) is 21.0. The van der Waals surface area contributed by atoms with Gasteiger partial charge in [-0.15, -0.1) is 0 Å². The molecule has 2 unspecified atom stereocenters. The summed E-state index contributed by atoms with van der Waals surface area (Å²) in [6.45, 7) is 1.86. The average Bonchev–Trinajstić information content (AvgIpc) is 2.98. The standard InChI is InChI=1S/C18H22N2O3/c1-12-15(10-11-19-12)18(22)20-13-6-8-14(9-7-13)23-17-5-3-2-4-16(17)21/h6-11,16-17,19,21H,2-5H2,1H3,(H,20,22). The number of aromatic amines is 1. The molecule has 0 spiro atoms. The SMILES string of the molecule is Cc1[nH]ccc1C(=O)Nc1ccc(OC2CCCCC2O)cc1. The molecule has 2 aromatic rings. The predicted molar refractivity (Wildman–Crippen MR) is 88.8 cm³/mol. The van der Waals surface area contributed by atoms with Crippen molar-refractivity contribution in [1.82, 2.24) is 4.98 Å². The second kappa shape index (κ2) is 6.87. The number of nitrogens with one attached hydrogen (secondary N) is 2. The Balaban J connectivity index is 1.61. The van der Waals surface area contributed by atoms with Gasteiger partial charge in [-0.2, -0.15) is 0 Å². The Kier molecular flexibility index (Phi) is 4.67. The number of aliphatic hydroxyl groups excluding tert-OH is 1. The molecule has 1 amide bonds. The van der Waals surface area contributed by atoms with Crippen LogP contribution in [0.25, 0.3) is 0 Å². The van der Waals surface area contributed by atoms with E-state index in [4.69, 9.17) is 4.74 Å². The Morgan fingerprint density at radius 2 is 1.96 bits per heavy atom. The fourth-order valence-electron chi connectivity index (χ4n) is 2.90. The number of carbonyl (C=O) groups is 1. The fourth-order valence-corrected chi connectivity index (χ4v) is 2.90. The average molecular weight is 314 g/mol. The number of aromatic nitrogens is 1. The minimum Gasteiger partial charge on any atom is -0.488 e. The van der Waals surface area contributed by atoms with Gasteiger partial charge >= 0.3 is 0 Å². The maximum atomic E-state index is 12.1. The predicted octanol–water partition coefficient (Wildman–Crippen LogP) is 3.26. The first-order valence-corrected chi connectivity index (χ1v) is 8.03. The van der Waals surface area contributed by atoms with Gasteiger partial charge in [0.1, 0.15) is 11.9 Å². The topological polar surface area (TPSA) is 74.4 Å². The molecule has 5 heteroatoms. The van der Waals surface area contributed by atoms with Gasteiger partial charge in [-0.3, -0.25) is 4.79 Å². The number of benzene rings is 1. The van der Waals surface area contributed by atoms with E-state index in [0.717, 1.165) is 31.4 Å². The van der Waals surface area contributed by atoms with E-state index >= 15 is 0 Å². The van der Waals surface area contributed by atoms with Crippen molar-refractivity contribution in [3.8, 4) is 5.75 Å². The van der Waals surface area contributed by atoms with Gasteiger partial charge in [0, 0.05) is 17.6 Å². The zero-order chi connectivity index (χ0) is 16.2. The lowest BCUT2D eigenvalue weighted by Gasteiger charge is -2.28. The van der Waals surface area contributed by atoms with Gasteiger partial charge in [0.25, 0.3) is 5.91 Å². The Labute approximate surface area is 135 Å². The van der Waals surface area contributed by atoms with E-state index in [-0.39, 0.29) is 18.1 Å². The van der Waals surface area contributed by atoms with Gasteiger partial charge in [-0.1, -0.05) is 6.42 Å². The van der Waals surface area contributed by atoms with Crippen LogP contribution in [0.2, 0.25) is 0 Å². The number of carbonyl (C=O) groups excluding carboxylic acids is 1. The summed E-state index contributed by atoms with van der Waals surface area (Å²) in [4.78, 5) is 15.1. The summed E-state index contributed by atoms with van der Waals surface area (Å²) in [6, 6.07) is 9.02. The van der Waals surface area contributed by atoms with E-state index in [2.05, 4.69) is 10.3 Å². The van der Waals surface area contributed by atoms with E-state index in [1.165, 1.54) is 0 Å². The van der Waals surface area contributed by atoms with Crippen molar-refractivity contribution in [2.24, 2.45) is 0 Å². The van der Waals surface area contributed by atoms with Gasteiger partial charge in [0.05, 0.1) is 11.7 Å². The molecule has 2 atom stereocenters. The highest BCUT2D eigenvalue weighted by Crippen LogP contribution is 2.25. The summed E-state index contributed by atoms with van der Waals surface area (Å²) in [7, 11) is 0. The molecule has 0 saturated heterocycles. The molecule has 0 aliphatic heterocycles. The molecule has 5 nitrogen and oxygen atoms in total. The minimum absolute atomic E-state index is 0.133. The van der Waals surface area contributed by atoms with E-state index < -0.39 is 0 Å². The number of hydrogen-bond donors (Lipinski definition) is 3. The number of ether oxygens (including phenoxy) is 1. The van der Waals surface area contributed by atoms with Gasteiger partial charge < -0.3 is 20.1 Å². The molecule has 122 valence electrons. The third-order valence-corrected chi connectivity index (χ3v) is 4.27. The molecule has 1 heterocycles. The molecular weight excluding hydrogens is 292 g/mol. The first-order valence-electron chi connectivity index (χ1n) is 8.03. The molecule has 0 radical (unpaired) electrons. The van der Waals surface area contributed by atoms with Crippen LogP contribution in [0.4, 0.5) is 5.69 Å². The van der Waals surface area contributed by atoms with Gasteiger partial charge in [0.15, 0.2) is 0 Å². The summed E-state index contributed by atoms with van der Waals surface area (Å²) in [5.41, 5.74) is 2.19. The lowest BCUT2D eigenvalue weighted by Crippen LogP contribution is -2.34. The van der Waals surface area contributed by atoms with Crippen LogP contribution in [0.3, 0.4) is 0 Å². The first kappa shape index (κ1) is 15.6. The lowest BCUT2D eigenvalue weighted by atomic mass is 9.95. The second-order valence-corrected chi connectivity index (χ2v) is 6.00. The summed E-state index contributed by atoms with van der Waals surface area (Å²) >= 11 is 0. The largest absolute Gasteiger partial charge is 0.488 e.